The Morgan fingerprint density at radius 1 is 1.26 bits per heavy atom. The van der Waals surface area contributed by atoms with Crippen LogP contribution >= 0.6 is 11.6 Å². The molecule has 31 heavy (non-hydrogen) atoms. The minimum absolute atomic E-state index is 0.0751. The number of benzene rings is 1. The van der Waals surface area contributed by atoms with Gasteiger partial charge in [-0.2, -0.15) is 0 Å². The molecule has 6 nitrogen and oxygen atoms in total. The largest absolute Gasteiger partial charge is 0.493 e. The summed E-state index contributed by atoms with van der Waals surface area (Å²) in [5, 5.41) is 0.557. The number of rotatable bonds is 7. The molecule has 1 aliphatic heterocycles. The third-order valence-corrected chi connectivity index (χ3v) is 6.73. The maximum Gasteiger partial charge on any atom is 0.310 e. The fourth-order valence-electron chi connectivity index (χ4n) is 4.76. The highest BCUT2D eigenvalue weighted by Crippen LogP contribution is 2.53. The fourth-order valence-corrected chi connectivity index (χ4v) is 4.86. The summed E-state index contributed by atoms with van der Waals surface area (Å²) in [4.78, 5) is 22.2. The first-order valence-corrected chi connectivity index (χ1v) is 11.0. The van der Waals surface area contributed by atoms with Crippen molar-refractivity contribution in [3.05, 3.63) is 47.0 Å². The molecular formula is C23H27ClFN3O3. The minimum Gasteiger partial charge on any atom is -0.493 e. The number of aromatic nitrogens is 2. The van der Waals surface area contributed by atoms with Crippen molar-refractivity contribution in [2.24, 2.45) is 11.3 Å². The van der Waals surface area contributed by atoms with E-state index in [0.29, 0.717) is 34.3 Å². The zero-order valence-corrected chi connectivity index (χ0v) is 18.4. The second kappa shape index (κ2) is 9.39. The number of anilines is 1. The van der Waals surface area contributed by atoms with Crippen LogP contribution in [0.2, 0.25) is 5.02 Å². The molecule has 0 amide bonds. The van der Waals surface area contributed by atoms with Gasteiger partial charge in [0.05, 0.1) is 37.6 Å². The number of hydrogen-bond acceptors (Lipinski definition) is 6. The van der Waals surface area contributed by atoms with E-state index in [-0.39, 0.29) is 6.42 Å². The van der Waals surface area contributed by atoms with E-state index in [1.807, 2.05) is 0 Å². The Balaban J connectivity index is 1.18. The number of hydrogen-bond donors (Lipinski definition) is 0. The number of methoxy groups -OCH3 is 1. The lowest BCUT2D eigenvalue weighted by Gasteiger charge is -2.52. The molecule has 0 unspecified atom stereocenters. The highest BCUT2D eigenvalue weighted by atomic mass is 35.5. The Labute approximate surface area is 186 Å². The van der Waals surface area contributed by atoms with Crippen LogP contribution in [0.4, 0.5) is 10.3 Å². The summed E-state index contributed by atoms with van der Waals surface area (Å²) in [6, 6.07) is 4.63. The molecule has 0 atom stereocenters. The van der Waals surface area contributed by atoms with Crippen LogP contribution in [-0.4, -0.2) is 42.7 Å². The van der Waals surface area contributed by atoms with E-state index in [4.69, 9.17) is 16.3 Å². The van der Waals surface area contributed by atoms with Crippen molar-refractivity contribution in [1.82, 2.24) is 9.97 Å². The Bertz CT molecular complexity index is 909. The van der Waals surface area contributed by atoms with Gasteiger partial charge >= 0.3 is 5.97 Å². The maximum absolute atomic E-state index is 14.1. The molecule has 1 aliphatic carbocycles. The highest BCUT2D eigenvalue weighted by Gasteiger charge is 2.45. The molecule has 1 aromatic heterocycles. The molecule has 1 aromatic carbocycles. The Kier molecular flexibility index (Phi) is 6.60. The molecule has 2 fully saturated rings. The zero-order valence-electron chi connectivity index (χ0n) is 17.7. The van der Waals surface area contributed by atoms with Gasteiger partial charge in [-0.05, 0) is 55.1 Å². The van der Waals surface area contributed by atoms with E-state index >= 15 is 0 Å². The Hall–Kier alpha value is -2.41. The van der Waals surface area contributed by atoms with E-state index < -0.39 is 11.8 Å². The van der Waals surface area contributed by atoms with Gasteiger partial charge in [-0.1, -0.05) is 17.7 Å². The summed E-state index contributed by atoms with van der Waals surface area (Å²) in [5.41, 5.74) is 0.755. The van der Waals surface area contributed by atoms with Crippen LogP contribution in [0, 0.1) is 17.2 Å². The normalized spacial score (nSPS) is 18.0. The molecule has 8 heteroatoms. The van der Waals surface area contributed by atoms with Crippen LogP contribution in [0.15, 0.2) is 30.6 Å². The van der Waals surface area contributed by atoms with E-state index in [2.05, 4.69) is 19.6 Å². The molecule has 2 aliphatic rings. The van der Waals surface area contributed by atoms with Crippen LogP contribution in [-0.2, 0) is 16.0 Å². The number of nitrogens with zero attached hydrogens (tertiary/aromatic N) is 3. The molecule has 2 heterocycles. The van der Waals surface area contributed by atoms with Crippen LogP contribution in [0.5, 0.6) is 5.75 Å². The predicted molar refractivity (Wildman–Crippen MR) is 116 cm³/mol. The molecule has 1 saturated carbocycles. The van der Waals surface area contributed by atoms with Crippen molar-refractivity contribution in [2.45, 2.75) is 38.5 Å². The van der Waals surface area contributed by atoms with Crippen molar-refractivity contribution in [3.8, 4) is 5.75 Å². The van der Waals surface area contributed by atoms with Crippen LogP contribution in [0.25, 0.3) is 0 Å². The number of halogens is 2. The third kappa shape index (κ3) is 5.26. The molecule has 0 bridgehead atoms. The number of piperidine rings is 1. The van der Waals surface area contributed by atoms with E-state index in [1.165, 1.54) is 26.0 Å². The standard InChI is InChI=1S/C23H27ClFN3O3/c1-30-21(29)10-17-2-3-19(11-20(17)25)31-9-4-16-12-23(13-16)5-7-28(8-6-23)22-26-14-18(24)15-27-22/h2-3,11,14-16H,4-10,12-13H2,1H3. The monoisotopic (exact) mass is 447 g/mol. The second-order valence-electron chi connectivity index (χ2n) is 8.61. The topological polar surface area (TPSA) is 64.6 Å². The van der Waals surface area contributed by atoms with Gasteiger partial charge in [-0.25, -0.2) is 14.4 Å². The molecule has 2 aromatic rings. The van der Waals surface area contributed by atoms with Crippen molar-refractivity contribution in [3.63, 3.8) is 0 Å². The quantitative estimate of drug-likeness (QED) is 0.584. The Morgan fingerprint density at radius 2 is 1.97 bits per heavy atom. The molecule has 1 spiro atoms. The van der Waals surface area contributed by atoms with E-state index in [1.54, 1.807) is 24.5 Å². The average molecular weight is 448 g/mol. The Morgan fingerprint density at radius 3 is 2.61 bits per heavy atom. The summed E-state index contributed by atoms with van der Waals surface area (Å²) >= 11 is 5.87. The molecule has 0 N–H and O–H groups in total. The van der Waals surface area contributed by atoms with Crippen molar-refractivity contribution < 1.29 is 18.7 Å². The lowest BCUT2D eigenvalue weighted by molar-refractivity contribution is -0.139. The third-order valence-electron chi connectivity index (χ3n) is 6.54. The summed E-state index contributed by atoms with van der Waals surface area (Å²) in [6.45, 7) is 2.52. The van der Waals surface area contributed by atoms with E-state index in [0.717, 1.165) is 38.3 Å². The number of carbonyl (C=O) groups excluding carboxylic acids is 1. The second-order valence-corrected chi connectivity index (χ2v) is 9.04. The van der Waals surface area contributed by atoms with Crippen molar-refractivity contribution in [2.75, 3.05) is 31.7 Å². The van der Waals surface area contributed by atoms with E-state index in [9.17, 15) is 9.18 Å². The van der Waals surface area contributed by atoms with Gasteiger partial charge < -0.3 is 14.4 Å². The van der Waals surface area contributed by atoms with Crippen LogP contribution < -0.4 is 9.64 Å². The van der Waals surface area contributed by atoms with Crippen molar-refractivity contribution in [1.29, 1.82) is 0 Å². The lowest BCUT2D eigenvalue weighted by Crippen LogP contribution is -2.47. The van der Waals surface area contributed by atoms with Crippen LogP contribution in [0.3, 0.4) is 0 Å². The van der Waals surface area contributed by atoms with Gasteiger partial charge in [-0.3, -0.25) is 4.79 Å². The predicted octanol–water partition coefficient (Wildman–Crippen LogP) is 4.45. The molecule has 166 valence electrons. The fraction of sp³-hybridized carbons (Fsp3) is 0.522. The summed E-state index contributed by atoms with van der Waals surface area (Å²) in [5.74, 6) is 1.01. The number of ether oxygens (including phenoxy) is 2. The van der Waals surface area contributed by atoms with Gasteiger partial charge in [0.2, 0.25) is 5.95 Å². The van der Waals surface area contributed by atoms with Gasteiger partial charge in [-0.15, -0.1) is 0 Å². The molecular weight excluding hydrogens is 421 g/mol. The lowest BCUT2D eigenvalue weighted by atomic mass is 9.57. The summed E-state index contributed by atoms with van der Waals surface area (Å²) < 4.78 is 24.4. The highest BCUT2D eigenvalue weighted by molar-refractivity contribution is 6.30. The average Bonchev–Trinajstić information content (AvgIpc) is 2.75. The first-order chi connectivity index (χ1) is 15.0. The molecule has 1 saturated heterocycles. The molecule has 0 radical (unpaired) electrons. The zero-order chi connectivity index (χ0) is 21.8. The SMILES string of the molecule is COC(=O)Cc1ccc(OCCC2CC3(CCN(c4ncc(Cl)cn4)CC3)C2)cc1F. The molecule has 4 rings (SSSR count). The smallest absolute Gasteiger partial charge is 0.310 e. The van der Waals surface area contributed by atoms with Gasteiger partial charge in [0.15, 0.2) is 0 Å². The first-order valence-electron chi connectivity index (χ1n) is 10.7. The number of esters is 1. The summed E-state index contributed by atoms with van der Waals surface area (Å²) in [6.07, 6.45) is 8.94. The number of carbonyl (C=O) groups is 1. The van der Waals surface area contributed by atoms with Crippen molar-refractivity contribution >= 4 is 23.5 Å². The van der Waals surface area contributed by atoms with Gasteiger partial charge in [0.1, 0.15) is 11.6 Å². The van der Waals surface area contributed by atoms with Gasteiger partial charge in [0, 0.05) is 19.2 Å². The first kappa shape index (κ1) is 21.8. The summed E-state index contributed by atoms with van der Waals surface area (Å²) in [7, 11) is 1.29. The minimum atomic E-state index is -0.460. The van der Waals surface area contributed by atoms with Crippen LogP contribution in [0.1, 0.15) is 37.7 Å². The maximum atomic E-state index is 14.1. The van der Waals surface area contributed by atoms with Gasteiger partial charge in [0.25, 0.3) is 0 Å².